The van der Waals surface area contributed by atoms with Crippen molar-refractivity contribution in [1.82, 2.24) is 5.32 Å². The fourth-order valence-electron chi connectivity index (χ4n) is 1.51. The second kappa shape index (κ2) is 4.31. The molecule has 1 aromatic rings. The van der Waals surface area contributed by atoms with Gasteiger partial charge in [-0.2, -0.15) is 0 Å². The Morgan fingerprint density at radius 1 is 1.43 bits per heavy atom. The van der Waals surface area contributed by atoms with E-state index in [0.717, 1.165) is 12.1 Å². The number of hydrogen-bond donors (Lipinski definition) is 1. The van der Waals surface area contributed by atoms with Gasteiger partial charge in [-0.05, 0) is 11.6 Å². The van der Waals surface area contributed by atoms with Crippen LogP contribution in [0, 0.1) is 0 Å². The van der Waals surface area contributed by atoms with Crippen molar-refractivity contribution in [3.63, 3.8) is 0 Å². The molecule has 4 heteroatoms. The predicted octanol–water partition coefficient (Wildman–Crippen LogP) is 3.72. The average Bonchev–Trinajstić information content (AvgIpc) is 2.57. The minimum absolute atomic E-state index is 0.288. The van der Waals surface area contributed by atoms with E-state index >= 15 is 0 Å². The quantitative estimate of drug-likeness (QED) is 0.812. The minimum Gasteiger partial charge on any atom is -0.300 e. The molecule has 1 aromatic carbocycles. The summed E-state index contributed by atoms with van der Waals surface area (Å²) in [5.41, 5.74) is 1.09. The van der Waals surface area contributed by atoms with E-state index in [1.807, 2.05) is 30.0 Å². The molecule has 2 rings (SSSR count). The normalized spacial score (nSPS) is 26.8. The van der Waals surface area contributed by atoms with Crippen LogP contribution in [0.5, 0.6) is 0 Å². The maximum absolute atomic E-state index is 6.14. The van der Waals surface area contributed by atoms with Crippen LogP contribution >= 0.6 is 35.0 Å². The monoisotopic (exact) mass is 247 g/mol. The molecule has 0 aromatic heterocycles. The summed E-state index contributed by atoms with van der Waals surface area (Å²) >= 11 is 14.0. The standard InChI is InChI=1S/C10H11Cl2NS/c1-6-5-13-10(14-6)7-3-2-4-8(11)9(7)12/h2-4,6,10,13H,5H2,1H3. The molecule has 0 radical (unpaired) electrons. The molecular formula is C10H11Cl2NS. The average molecular weight is 248 g/mol. The maximum atomic E-state index is 6.14. The van der Waals surface area contributed by atoms with Gasteiger partial charge in [0.2, 0.25) is 0 Å². The van der Waals surface area contributed by atoms with Crippen molar-refractivity contribution in [3.05, 3.63) is 33.8 Å². The molecular weight excluding hydrogens is 237 g/mol. The zero-order valence-corrected chi connectivity index (χ0v) is 10.1. The van der Waals surface area contributed by atoms with E-state index in [4.69, 9.17) is 23.2 Å². The molecule has 0 bridgehead atoms. The summed E-state index contributed by atoms with van der Waals surface area (Å²) in [7, 11) is 0. The zero-order valence-electron chi connectivity index (χ0n) is 7.76. The van der Waals surface area contributed by atoms with E-state index in [1.54, 1.807) is 0 Å². The second-order valence-electron chi connectivity index (χ2n) is 3.38. The van der Waals surface area contributed by atoms with E-state index in [9.17, 15) is 0 Å². The molecule has 2 unspecified atom stereocenters. The van der Waals surface area contributed by atoms with Crippen LogP contribution < -0.4 is 5.32 Å². The van der Waals surface area contributed by atoms with E-state index in [-0.39, 0.29) is 5.37 Å². The van der Waals surface area contributed by atoms with Crippen molar-refractivity contribution in [2.45, 2.75) is 17.5 Å². The first-order valence-electron chi connectivity index (χ1n) is 4.51. The summed E-state index contributed by atoms with van der Waals surface area (Å²) in [6.45, 7) is 3.23. The largest absolute Gasteiger partial charge is 0.300 e. The number of halogens is 2. The van der Waals surface area contributed by atoms with Gasteiger partial charge in [0.25, 0.3) is 0 Å². The van der Waals surface area contributed by atoms with Crippen molar-refractivity contribution >= 4 is 35.0 Å². The van der Waals surface area contributed by atoms with Gasteiger partial charge in [-0.1, -0.05) is 42.3 Å². The zero-order chi connectivity index (χ0) is 10.1. The fourth-order valence-corrected chi connectivity index (χ4v) is 3.18. The number of rotatable bonds is 1. The molecule has 14 heavy (non-hydrogen) atoms. The molecule has 76 valence electrons. The summed E-state index contributed by atoms with van der Waals surface area (Å²) in [6.07, 6.45) is 0. The van der Waals surface area contributed by atoms with Crippen LogP contribution in [0.2, 0.25) is 10.0 Å². The molecule has 1 N–H and O–H groups in total. The second-order valence-corrected chi connectivity index (χ2v) is 5.71. The Kier molecular flexibility index (Phi) is 3.27. The maximum Gasteiger partial charge on any atom is 0.0807 e. The third kappa shape index (κ3) is 2.03. The predicted molar refractivity (Wildman–Crippen MR) is 64.3 cm³/mol. The lowest BCUT2D eigenvalue weighted by atomic mass is 10.2. The van der Waals surface area contributed by atoms with E-state index < -0.39 is 0 Å². The molecule has 1 nitrogen and oxygen atoms in total. The SMILES string of the molecule is CC1CNC(c2cccc(Cl)c2Cl)S1. The van der Waals surface area contributed by atoms with Crippen molar-refractivity contribution in [3.8, 4) is 0 Å². The van der Waals surface area contributed by atoms with Gasteiger partial charge in [0.05, 0.1) is 15.4 Å². The lowest BCUT2D eigenvalue weighted by Gasteiger charge is -2.12. The van der Waals surface area contributed by atoms with Crippen molar-refractivity contribution < 1.29 is 0 Å². The van der Waals surface area contributed by atoms with E-state index in [0.29, 0.717) is 15.3 Å². The topological polar surface area (TPSA) is 12.0 Å². The highest BCUT2D eigenvalue weighted by Crippen LogP contribution is 2.39. The van der Waals surface area contributed by atoms with Crippen LogP contribution in [0.3, 0.4) is 0 Å². The Labute approximate surface area is 98.2 Å². The van der Waals surface area contributed by atoms with Crippen LogP contribution in [-0.4, -0.2) is 11.8 Å². The summed E-state index contributed by atoms with van der Waals surface area (Å²) in [5, 5.41) is 5.64. The van der Waals surface area contributed by atoms with E-state index in [2.05, 4.69) is 12.2 Å². The smallest absolute Gasteiger partial charge is 0.0807 e. The summed E-state index contributed by atoms with van der Waals surface area (Å²) < 4.78 is 0. The molecule has 0 amide bonds. The third-order valence-corrected chi connectivity index (χ3v) is 4.38. The van der Waals surface area contributed by atoms with Gasteiger partial charge in [0, 0.05) is 11.8 Å². The van der Waals surface area contributed by atoms with Gasteiger partial charge in [-0.3, -0.25) is 0 Å². The summed E-state index contributed by atoms with van der Waals surface area (Å²) in [4.78, 5) is 0. The number of thioether (sulfide) groups is 1. The van der Waals surface area contributed by atoms with Crippen LogP contribution in [0.4, 0.5) is 0 Å². The number of nitrogens with one attached hydrogen (secondary N) is 1. The molecule has 0 saturated carbocycles. The molecule has 1 fully saturated rings. The van der Waals surface area contributed by atoms with Crippen LogP contribution in [-0.2, 0) is 0 Å². The highest BCUT2D eigenvalue weighted by molar-refractivity contribution is 8.00. The molecule has 0 aliphatic carbocycles. The first-order valence-corrected chi connectivity index (χ1v) is 6.21. The molecule has 1 aliphatic heterocycles. The van der Waals surface area contributed by atoms with Gasteiger partial charge in [-0.25, -0.2) is 0 Å². The molecule has 1 heterocycles. The van der Waals surface area contributed by atoms with Gasteiger partial charge in [0.15, 0.2) is 0 Å². The van der Waals surface area contributed by atoms with Gasteiger partial charge >= 0.3 is 0 Å². The van der Waals surface area contributed by atoms with Crippen LogP contribution in [0.25, 0.3) is 0 Å². The van der Waals surface area contributed by atoms with Gasteiger partial charge in [0.1, 0.15) is 0 Å². The first kappa shape index (κ1) is 10.6. The number of benzene rings is 1. The Balaban J connectivity index is 2.28. The van der Waals surface area contributed by atoms with Crippen molar-refractivity contribution in [2.24, 2.45) is 0 Å². The third-order valence-electron chi connectivity index (χ3n) is 2.22. The molecule has 2 atom stereocenters. The summed E-state index contributed by atoms with van der Waals surface area (Å²) in [6, 6.07) is 5.78. The number of hydrogen-bond acceptors (Lipinski definition) is 2. The molecule has 1 saturated heterocycles. The van der Waals surface area contributed by atoms with Gasteiger partial charge < -0.3 is 5.32 Å². The highest BCUT2D eigenvalue weighted by atomic mass is 35.5. The van der Waals surface area contributed by atoms with E-state index in [1.165, 1.54) is 0 Å². The van der Waals surface area contributed by atoms with Crippen molar-refractivity contribution in [1.29, 1.82) is 0 Å². The van der Waals surface area contributed by atoms with Crippen molar-refractivity contribution in [2.75, 3.05) is 6.54 Å². The van der Waals surface area contributed by atoms with Gasteiger partial charge in [-0.15, -0.1) is 11.8 Å². The highest BCUT2D eigenvalue weighted by Gasteiger charge is 2.24. The Morgan fingerprint density at radius 3 is 2.86 bits per heavy atom. The first-order chi connectivity index (χ1) is 6.68. The minimum atomic E-state index is 0.288. The Morgan fingerprint density at radius 2 is 2.21 bits per heavy atom. The Bertz CT molecular complexity index is 343. The molecule has 0 spiro atoms. The molecule has 1 aliphatic rings. The van der Waals surface area contributed by atoms with Crippen LogP contribution in [0.15, 0.2) is 18.2 Å². The lowest BCUT2D eigenvalue weighted by Crippen LogP contribution is -2.14. The fraction of sp³-hybridized carbons (Fsp3) is 0.400. The summed E-state index contributed by atoms with van der Waals surface area (Å²) in [5.74, 6) is 0. The lowest BCUT2D eigenvalue weighted by molar-refractivity contribution is 0.718. The van der Waals surface area contributed by atoms with Crippen LogP contribution in [0.1, 0.15) is 17.9 Å². The Hall–Kier alpha value is 0.110.